The number of nitrogens with zero attached hydrogens (tertiary/aromatic N) is 1. The molecule has 1 aliphatic rings. The Bertz CT molecular complexity index is 382. The van der Waals surface area contributed by atoms with Crippen molar-refractivity contribution >= 4 is 5.69 Å². The van der Waals surface area contributed by atoms with Gasteiger partial charge in [0.1, 0.15) is 5.75 Å². The number of benzene rings is 1. The molecule has 1 heterocycles. The van der Waals surface area contributed by atoms with E-state index in [1.807, 2.05) is 6.07 Å². The first-order valence-corrected chi connectivity index (χ1v) is 6.25. The van der Waals surface area contributed by atoms with Crippen LogP contribution >= 0.6 is 0 Å². The minimum atomic E-state index is 0.240. The van der Waals surface area contributed by atoms with Crippen LogP contribution in [0.1, 0.15) is 39.2 Å². The summed E-state index contributed by atoms with van der Waals surface area (Å²) in [6.45, 7) is 8.82. The van der Waals surface area contributed by atoms with E-state index in [0.29, 0.717) is 5.75 Å². The van der Waals surface area contributed by atoms with Gasteiger partial charge in [0.25, 0.3) is 0 Å². The van der Waals surface area contributed by atoms with Crippen LogP contribution < -0.4 is 4.90 Å². The normalized spacial score (nSPS) is 17.6. The van der Waals surface area contributed by atoms with Crippen LogP contribution in [-0.4, -0.2) is 18.2 Å². The molecule has 2 heteroatoms. The van der Waals surface area contributed by atoms with Gasteiger partial charge in [-0.05, 0) is 43.5 Å². The van der Waals surface area contributed by atoms with Crippen LogP contribution in [0, 0.1) is 0 Å². The van der Waals surface area contributed by atoms with Crippen LogP contribution in [0.2, 0.25) is 0 Å². The first-order chi connectivity index (χ1) is 7.66. The fraction of sp³-hybridized carbons (Fsp3) is 0.571. The van der Waals surface area contributed by atoms with Crippen molar-refractivity contribution in [3.8, 4) is 5.75 Å². The van der Waals surface area contributed by atoms with Gasteiger partial charge in [-0.15, -0.1) is 0 Å². The Hall–Kier alpha value is -1.18. The third-order valence-electron chi connectivity index (χ3n) is 4.12. The average molecular weight is 219 g/mol. The number of aromatic hydroxyl groups is 1. The number of phenolic OH excluding ortho intramolecular Hbond substituents is 1. The van der Waals surface area contributed by atoms with Crippen molar-refractivity contribution in [2.45, 2.75) is 39.0 Å². The summed E-state index contributed by atoms with van der Waals surface area (Å²) >= 11 is 0. The van der Waals surface area contributed by atoms with E-state index in [0.717, 1.165) is 25.9 Å². The highest BCUT2D eigenvalue weighted by molar-refractivity contribution is 5.64. The Kier molecular flexibility index (Phi) is 2.83. The van der Waals surface area contributed by atoms with Gasteiger partial charge in [-0.3, -0.25) is 0 Å². The monoisotopic (exact) mass is 219 g/mol. The Balaban J connectivity index is 2.54. The standard InChI is InChI=1S/C14H21NO/c1-4-14(5-2)10-15(6-3)13-8-7-11(16)9-12(13)14/h7-9,16H,4-6,10H2,1-3H3. The summed E-state index contributed by atoms with van der Waals surface area (Å²) in [5.74, 6) is 0.392. The van der Waals surface area contributed by atoms with E-state index in [-0.39, 0.29) is 5.41 Å². The van der Waals surface area contributed by atoms with E-state index < -0.39 is 0 Å². The highest BCUT2D eigenvalue weighted by Crippen LogP contribution is 2.46. The van der Waals surface area contributed by atoms with Crippen molar-refractivity contribution in [2.75, 3.05) is 18.0 Å². The predicted octanol–water partition coefficient (Wildman–Crippen LogP) is 3.29. The molecule has 0 fully saturated rings. The summed E-state index contributed by atoms with van der Waals surface area (Å²) in [6, 6.07) is 5.81. The molecular weight excluding hydrogens is 198 g/mol. The van der Waals surface area contributed by atoms with Crippen LogP contribution in [0.15, 0.2) is 18.2 Å². The molecule has 0 aromatic heterocycles. The van der Waals surface area contributed by atoms with Crippen molar-refractivity contribution in [1.29, 1.82) is 0 Å². The second-order valence-corrected chi connectivity index (χ2v) is 4.70. The van der Waals surface area contributed by atoms with Crippen molar-refractivity contribution < 1.29 is 5.11 Å². The van der Waals surface area contributed by atoms with Crippen molar-refractivity contribution in [1.82, 2.24) is 0 Å². The summed E-state index contributed by atoms with van der Waals surface area (Å²) in [4.78, 5) is 2.42. The average Bonchev–Trinajstić information content (AvgIpc) is 2.63. The van der Waals surface area contributed by atoms with E-state index in [1.54, 1.807) is 6.07 Å². The van der Waals surface area contributed by atoms with Gasteiger partial charge in [-0.2, -0.15) is 0 Å². The number of hydrogen-bond acceptors (Lipinski definition) is 2. The Morgan fingerprint density at radius 3 is 2.50 bits per heavy atom. The molecule has 0 unspecified atom stereocenters. The van der Waals surface area contributed by atoms with E-state index >= 15 is 0 Å². The van der Waals surface area contributed by atoms with Crippen molar-refractivity contribution in [2.24, 2.45) is 0 Å². The SMILES string of the molecule is CCN1CC(CC)(CC)c2cc(O)ccc21. The molecule has 88 valence electrons. The number of likely N-dealkylation sites (N-methyl/N-ethyl adjacent to an activating group) is 1. The van der Waals surface area contributed by atoms with Gasteiger partial charge in [0.2, 0.25) is 0 Å². The quantitative estimate of drug-likeness (QED) is 0.843. The first kappa shape index (κ1) is 11.3. The van der Waals surface area contributed by atoms with Gasteiger partial charge in [0.05, 0.1) is 0 Å². The lowest BCUT2D eigenvalue weighted by atomic mass is 9.77. The molecule has 0 atom stereocenters. The molecule has 2 rings (SSSR count). The van der Waals surface area contributed by atoms with Crippen molar-refractivity contribution in [3.63, 3.8) is 0 Å². The van der Waals surface area contributed by atoms with Crippen LogP contribution in [0.4, 0.5) is 5.69 Å². The number of anilines is 1. The largest absolute Gasteiger partial charge is 0.508 e. The summed E-state index contributed by atoms with van der Waals surface area (Å²) in [7, 11) is 0. The maximum absolute atomic E-state index is 9.66. The second kappa shape index (κ2) is 4.00. The lowest BCUT2D eigenvalue weighted by Crippen LogP contribution is -2.32. The highest BCUT2D eigenvalue weighted by atomic mass is 16.3. The number of phenols is 1. The zero-order chi connectivity index (χ0) is 11.8. The fourth-order valence-corrected chi connectivity index (χ4v) is 2.90. The molecule has 0 saturated heterocycles. The summed E-state index contributed by atoms with van der Waals surface area (Å²) < 4.78 is 0. The second-order valence-electron chi connectivity index (χ2n) is 4.70. The molecule has 1 aromatic rings. The molecule has 0 radical (unpaired) electrons. The van der Waals surface area contributed by atoms with Gasteiger partial charge in [-0.25, -0.2) is 0 Å². The number of hydrogen-bond donors (Lipinski definition) is 1. The predicted molar refractivity (Wildman–Crippen MR) is 68.3 cm³/mol. The Labute approximate surface area is 97.9 Å². The van der Waals surface area contributed by atoms with Crippen LogP contribution in [0.3, 0.4) is 0 Å². The van der Waals surface area contributed by atoms with E-state index in [2.05, 4.69) is 31.7 Å². The van der Waals surface area contributed by atoms with E-state index in [4.69, 9.17) is 0 Å². The molecule has 0 bridgehead atoms. The molecule has 1 aliphatic heterocycles. The minimum absolute atomic E-state index is 0.240. The molecule has 2 nitrogen and oxygen atoms in total. The molecule has 0 aliphatic carbocycles. The fourth-order valence-electron chi connectivity index (χ4n) is 2.90. The summed E-state index contributed by atoms with van der Waals surface area (Å²) in [5.41, 5.74) is 2.88. The highest BCUT2D eigenvalue weighted by Gasteiger charge is 2.39. The van der Waals surface area contributed by atoms with Gasteiger partial charge < -0.3 is 10.0 Å². The van der Waals surface area contributed by atoms with Crippen LogP contribution in [0.5, 0.6) is 5.75 Å². The summed E-state index contributed by atoms with van der Waals surface area (Å²) in [5, 5.41) is 9.66. The van der Waals surface area contributed by atoms with E-state index in [9.17, 15) is 5.11 Å². The third kappa shape index (κ3) is 1.48. The van der Waals surface area contributed by atoms with Gasteiger partial charge in [-0.1, -0.05) is 13.8 Å². The topological polar surface area (TPSA) is 23.5 Å². The Morgan fingerprint density at radius 1 is 1.25 bits per heavy atom. The van der Waals surface area contributed by atoms with Gasteiger partial charge in [0, 0.05) is 24.2 Å². The third-order valence-corrected chi connectivity index (χ3v) is 4.12. The lowest BCUT2D eigenvalue weighted by molar-refractivity contribution is 0.417. The molecular formula is C14H21NO. The van der Waals surface area contributed by atoms with Crippen LogP contribution in [0.25, 0.3) is 0 Å². The molecule has 0 saturated carbocycles. The molecule has 0 amide bonds. The van der Waals surface area contributed by atoms with Gasteiger partial charge in [0.15, 0.2) is 0 Å². The summed E-state index contributed by atoms with van der Waals surface area (Å²) in [6.07, 6.45) is 2.27. The number of fused-ring (bicyclic) bond motifs is 1. The van der Waals surface area contributed by atoms with Crippen molar-refractivity contribution in [3.05, 3.63) is 23.8 Å². The maximum atomic E-state index is 9.66. The maximum Gasteiger partial charge on any atom is 0.116 e. The smallest absolute Gasteiger partial charge is 0.116 e. The molecule has 16 heavy (non-hydrogen) atoms. The molecule has 1 N–H and O–H groups in total. The minimum Gasteiger partial charge on any atom is -0.508 e. The zero-order valence-electron chi connectivity index (χ0n) is 10.5. The Morgan fingerprint density at radius 2 is 1.94 bits per heavy atom. The molecule has 0 spiro atoms. The first-order valence-electron chi connectivity index (χ1n) is 6.25. The zero-order valence-corrected chi connectivity index (χ0v) is 10.5. The van der Waals surface area contributed by atoms with Gasteiger partial charge >= 0.3 is 0 Å². The molecule has 1 aromatic carbocycles. The van der Waals surface area contributed by atoms with E-state index in [1.165, 1.54) is 11.3 Å². The lowest BCUT2D eigenvalue weighted by Gasteiger charge is -2.27. The van der Waals surface area contributed by atoms with Crippen LogP contribution in [-0.2, 0) is 5.41 Å². The number of rotatable bonds is 3.